The van der Waals surface area contributed by atoms with Gasteiger partial charge in [0.05, 0.1) is 0 Å². The maximum absolute atomic E-state index is 11.2. The van der Waals surface area contributed by atoms with E-state index < -0.39 is 21.4 Å². The van der Waals surface area contributed by atoms with Crippen LogP contribution in [-0.2, 0) is 26.0 Å². The van der Waals surface area contributed by atoms with Crippen LogP contribution in [0, 0.1) is 0 Å². The van der Waals surface area contributed by atoms with Crippen LogP contribution >= 0.6 is 0 Å². The van der Waals surface area contributed by atoms with E-state index in [1.165, 1.54) is 0 Å². The van der Waals surface area contributed by atoms with Crippen molar-refractivity contribution in [1.82, 2.24) is 0 Å². The van der Waals surface area contributed by atoms with Crippen LogP contribution in [0.15, 0.2) is 30.3 Å². The SMILES string of the molecule is CC(=O)OC(Cc1ccccc1)S(N)(=O)=O. The Hall–Kier alpha value is -1.40. The molecule has 0 amide bonds. The van der Waals surface area contributed by atoms with Gasteiger partial charge in [0, 0.05) is 13.3 Å². The Bertz CT molecular complexity index is 455. The highest BCUT2D eigenvalue weighted by molar-refractivity contribution is 7.89. The zero-order chi connectivity index (χ0) is 12.2. The Labute approximate surface area is 94.3 Å². The third-order valence-electron chi connectivity index (χ3n) is 1.91. The van der Waals surface area contributed by atoms with Crippen LogP contribution in [0.2, 0.25) is 0 Å². The van der Waals surface area contributed by atoms with Crippen LogP contribution in [0.4, 0.5) is 0 Å². The minimum Gasteiger partial charge on any atom is -0.444 e. The molecule has 0 heterocycles. The fraction of sp³-hybridized carbons (Fsp3) is 0.300. The van der Waals surface area contributed by atoms with Gasteiger partial charge in [-0.25, -0.2) is 13.6 Å². The highest BCUT2D eigenvalue weighted by Gasteiger charge is 2.24. The van der Waals surface area contributed by atoms with Gasteiger partial charge in [0.2, 0.25) is 15.5 Å². The lowest BCUT2D eigenvalue weighted by Gasteiger charge is -2.14. The summed E-state index contributed by atoms with van der Waals surface area (Å²) in [5.74, 6) is -0.671. The van der Waals surface area contributed by atoms with Gasteiger partial charge in [-0.3, -0.25) is 4.79 Å². The second-order valence-electron chi connectivity index (χ2n) is 3.32. The van der Waals surface area contributed by atoms with E-state index in [-0.39, 0.29) is 6.42 Å². The Kier molecular flexibility index (Phi) is 4.03. The molecule has 0 saturated carbocycles. The Morgan fingerprint density at radius 2 is 1.94 bits per heavy atom. The molecule has 0 saturated heterocycles. The van der Waals surface area contributed by atoms with Crippen LogP contribution in [0.3, 0.4) is 0 Å². The molecule has 0 aliphatic carbocycles. The summed E-state index contributed by atoms with van der Waals surface area (Å²) in [7, 11) is -3.90. The molecule has 5 nitrogen and oxygen atoms in total. The summed E-state index contributed by atoms with van der Waals surface area (Å²) in [6, 6.07) is 8.82. The Balaban J connectivity index is 2.84. The molecule has 1 atom stereocenters. The number of rotatable bonds is 4. The summed E-state index contributed by atoms with van der Waals surface area (Å²) in [5, 5.41) is 4.97. The lowest BCUT2D eigenvalue weighted by Crippen LogP contribution is -2.34. The third kappa shape index (κ3) is 4.00. The first-order valence-corrected chi connectivity index (χ1v) is 6.23. The smallest absolute Gasteiger partial charge is 0.303 e. The van der Waals surface area contributed by atoms with E-state index in [0.29, 0.717) is 0 Å². The molecule has 0 radical (unpaired) electrons. The highest BCUT2D eigenvalue weighted by atomic mass is 32.2. The van der Waals surface area contributed by atoms with Crippen molar-refractivity contribution >= 4 is 16.0 Å². The molecule has 0 aliphatic heterocycles. The van der Waals surface area contributed by atoms with Gasteiger partial charge in [-0.2, -0.15) is 0 Å². The van der Waals surface area contributed by atoms with Crippen LogP contribution < -0.4 is 5.14 Å². The first kappa shape index (κ1) is 12.7. The van der Waals surface area contributed by atoms with Gasteiger partial charge < -0.3 is 4.74 Å². The van der Waals surface area contributed by atoms with Gasteiger partial charge in [-0.15, -0.1) is 0 Å². The number of carbonyl (C=O) groups is 1. The lowest BCUT2D eigenvalue weighted by molar-refractivity contribution is -0.142. The van der Waals surface area contributed by atoms with Gasteiger partial charge in [0.25, 0.3) is 0 Å². The zero-order valence-electron chi connectivity index (χ0n) is 8.79. The fourth-order valence-electron chi connectivity index (χ4n) is 1.22. The molecule has 16 heavy (non-hydrogen) atoms. The first-order valence-electron chi connectivity index (χ1n) is 4.62. The van der Waals surface area contributed by atoms with Crippen molar-refractivity contribution in [2.45, 2.75) is 18.8 Å². The quantitative estimate of drug-likeness (QED) is 0.776. The molecule has 1 rings (SSSR count). The van der Waals surface area contributed by atoms with Crippen LogP contribution in [0.1, 0.15) is 12.5 Å². The highest BCUT2D eigenvalue weighted by Crippen LogP contribution is 2.09. The van der Waals surface area contributed by atoms with E-state index in [1.54, 1.807) is 30.3 Å². The summed E-state index contributed by atoms with van der Waals surface area (Å²) in [5.41, 5.74) is -0.588. The molecule has 0 aromatic heterocycles. The molecule has 1 aromatic carbocycles. The van der Waals surface area contributed by atoms with Crippen molar-refractivity contribution in [2.75, 3.05) is 0 Å². The van der Waals surface area contributed by atoms with Gasteiger partial charge in [0.15, 0.2) is 0 Å². The van der Waals surface area contributed by atoms with E-state index in [2.05, 4.69) is 4.74 Å². The summed E-state index contributed by atoms with van der Waals surface area (Å²) in [4.78, 5) is 10.7. The van der Waals surface area contributed by atoms with Gasteiger partial charge in [0.1, 0.15) is 0 Å². The third-order valence-corrected chi connectivity index (χ3v) is 2.90. The van der Waals surface area contributed by atoms with Crippen molar-refractivity contribution < 1.29 is 17.9 Å². The molecule has 0 spiro atoms. The maximum Gasteiger partial charge on any atom is 0.303 e. The van der Waals surface area contributed by atoms with Crippen molar-refractivity contribution in [3.05, 3.63) is 35.9 Å². The van der Waals surface area contributed by atoms with Gasteiger partial charge in [-0.1, -0.05) is 30.3 Å². The van der Waals surface area contributed by atoms with E-state index in [1.807, 2.05) is 0 Å². The van der Waals surface area contributed by atoms with Crippen molar-refractivity contribution in [3.8, 4) is 0 Å². The van der Waals surface area contributed by atoms with Crippen molar-refractivity contribution in [3.63, 3.8) is 0 Å². The van der Waals surface area contributed by atoms with Crippen LogP contribution in [0.25, 0.3) is 0 Å². The van der Waals surface area contributed by atoms with Crippen LogP contribution in [-0.4, -0.2) is 19.8 Å². The first-order chi connectivity index (χ1) is 7.39. The predicted octanol–water partition coefficient (Wildman–Crippen LogP) is 0.407. The van der Waals surface area contributed by atoms with E-state index >= 15 is 0 Å². The molecule has 0 bridgehead atoms. The van der Waals surface area contributed by atoms with E-state index in [4.69, 9.17) is 5.14 Å². The molecular formula is C10H13NO4S. The standard InChI is InChI=1S/C10H13NO4S/c1-8(12)15-10(16(11,13)14)7-9-5-3-2-4-6-9/h2-6,10H,7H2,1H3,(H2,11,13,14). The minimum absolute atomic E-state index is 0.0548. The second-order valence-corrected chi connectivity index (χ2v) is 5.02. The molecule has 88 valence electrons. The number of nitrogens with two attached hydrogens (primary N) is 1. The summed E-state index contributed by atoms with van der Waals surface area (Å²) in [6.45, 7) is 1.14. The van der Waals surface area contributed by atoms with E-state index in [9.17, 15) is 13.2 Å². The fourth-order valence-corrected chi connectivity index (χ4v) is 1.91. The number of ether oxygens (including phenoxy) is 1. The number of hydrogen-bond donors (Lipinski definition) is 1. The molecule has 6 heteroatoms. The van der Waals surface area contributed by atoms with Crippen LogP contribution in [0.5, 0.6) is 0 Å². The minimum atomic E-state index is -3.90. The maximum atomic E-state index is 11.2. The summed E-state index contributed by atoms with van der Waals surface area (Å²) < 4.78 is 27.0. The van der Waals surface area contributed by atoms with Crippen molar-refractivity contribution in [1.29, 1.82) is 0 Å². The number of primary sulfonamides is 1. The number of sulfonamides is 1. The molecule has 1 unspecified atom stereocenters. The second kappa shape index (κ2) is 5.09. The molecule has 0 aliphatic rings. The molecule has 1 aromatic rings. The topological polar surface area (TPSA) is 86.5 Å². The molecular weight excluding hydrogens is 230 g/mol. The average Bonchev–Trinajstić information content (AvgIpc) is 2.16. The van der Waals surface area contributed by atoms with Crippen molar-refractivity contribution in [2.24, 2.45) is 5.14 Å². The zero-order valence-corrected chi connectivity index (χ0v) is 9.61. The van der Waals surface area contributed by atoms with Gasteiger partial charge >= 0.3 is 5.97 Å². The average molecular weight is 243 g/mol. The number of benzene rings is 1. The van der Waals surface area contributed by atoms with E-state index in [0.717, 1.165) is 12.5 Å². The normalized spacial score (nSPS) is 13.1. The van der Waals surface area contributed by atoms with Gasteiger partial charge in [-0.05, 0) is 5.56 Å². The summed E-state index contributed by atoms with van der Waals surface area (Å²) in [6.07, 6.45) is 0.0548. The molecule has 0 fully saturated rings. The monoisotopic (exact) mass is 243 g/mol. The number of hydrogen-bond acceptors (Lipinski definition) is 4. The number of esters is 1. The lowest BCUT2D eigenvalue weighted by atomic mass is 10.2. The largest absolute Gasteiger partial charge is 0.444 e. The number of carbonyl (C=O) groups excluding carboxylic acids is 1. The Morgan fingerprint density at radius 1 is 1.38 bits per heavy atom. The summed E-state index contributed by atoms with van der Waals surface area (Å²) >= 11 is 0. The predicted molar refractivity (Wildman–Crippen MR) is 58.8 cm³/mol. The molecule has 2 N–H and O–H groups in total. The Morgan fingerprint density at radius 3 is 2.38 bits per heavy atom.